The van der Waals surface area contributed by atoms with Gasteiger partial charge in [0.2, 0.25) is 0 Å². The van der Waals surface area contributed by atoms with Crippen molar-refractivity contribution in [3.05, 3.63) is 48.9 Å². The van der Waals surface area contributed by atoms with E-state index in [1.54, 1.807) is 30.7 Å². The average Bonchev–Trinajstić information content (AvgIpc) is 2.86. The van der Waals surface area contributed by atoms with Crippen molar-refractivity contribution < 1.29 is 5.21 Å². The molecule has 0 aliphatic heterocycles. The Morgan fingerprint density at radius 2 is 1.88 bits per heavy atom. The highest BCUT2D eigenvalue weighted by Gasteiger charge is 2.07. The van der Waals surface area contributed by atoms with Crippen molar-refractivity contribution in [1.29, 1.82) is 0 Å². The highest BCUT2D eigenvalue weighted by atomic mass is 32.1. The van der Waals surface area contributed by atoms with E-state index >= 15 is 0 Å². The molecule has 4 nitrogen and oxygen atoms in total. The van der Waals surface area contributed by atoms with E-state index in [0.29, 0.717) is 11.4 Å². The van der Waals surface area contributed by atoms with Crippen LogP contribution in [0.5, 0.6) is 0 Å². The van der Waals surface area contributed by atoms with Crippen molar-refractivity contribution >= 4 is 33.0 Å². The molecule has 0 amide bonds. The van der Waals surface area contributed by atoms with Gasteiger partial charge in [0, 0.05) is 24.0 Å². The molecule has 0 fully saturated rings. The summed E-state index contributed by atoms with van der Waals surface area (Å²) in [6.07, 6.45) is 5.08. The van der Waals surface area contributed by atoms with Crippen molar-refractivity contribution in [3.8, 4) is 0 Å². The average molecular weight is 243 g/mol. The maximum Gasteiger partial charge on any atom is 0.0723 e. The first-order valence-corrected chi connectivity index (χ1v) is 5.85. The van der Waals surface area contributed by atoms with E-state index in [4.69, 9.17) is 0 Å². The number of benzene rings is 1. The third-order valence-electron chi connectivity index (χ3n) is 2.49. The standard InChI is InChI=1S/C12H9N3OS/c16-15(10-3-5-13-6-4-10)11-1-2-12-9(7-11)8-14-17-12/h1-8,16H. The minimum Gasteiger partial charge on any atom is -0.284 e. The molecular formula is C12H9N3OS. The fourth-order valence-corrected chi connectivity index (χ4v) is 2.25. The van der Waals surface area contributed by atoms with E-state index in [9.17, 15) is 5.21 Å². The number of rotatable bonds is 2. The largest absolute Gasteiger partial charge is 0.284 e. The van der Waals surface area contributed by atoms with Crippen LogP contribution >= 0.6 is 11.5 Å². The Balaban J connectivity index is 2.03. The van der Waals surface area contributed by atoms with Gasteiger partial charge in [0.15, 0.2) is 0 Å². The van der Waals surface area contributed by atoms with Gasteiger partial charge in [-0.05, 0) is 41.9 Å². The second-order valence-electron chi connectivity index (χ2n) is 3.57. The predicted octanol–water partition coefficient (Wildman–Crippen LogP) is 3.22. The van der Waals surface area contributed by atoms with Gasteiger partial charge in [-0.2, -0.15) is 4.37 Å². The number of pyridine rings is 1. The summed E-state index contributed by atoms with van der Waals surface area (Å²) in [5.74, 6) is 0. The number of anilines is 2. The number of aromatic nitrogens is 2. The van der Waals surface area contributed by atoms with Gasteiger partial charge in [-0.1, -0.05) is 0 Å². The van der Waals surface area contributed by atoms with Crippen LogP contribution in [0.3, 0.4) is 0 Å². The first kappa shape index (κ1) is 10.2. The Morgan fingerprint density at radius 3 is 2.71 bits per heavy atom. The molecule has 0 radical (unpaired) electrons. The summed E-state index contributed by atoms with van der Waals surface area (Å²) in [5.41, 5.74) is 1.39. The van der Waals surface area contributed by atoms with Crippen molar-refractivity contribution in [1.82, 2.24) is 9.36 Å². The number of hydrogen-bond acceptors (Lipinski definition) is 5. The maximum atomic E-state index is 10.1. The van der Waals surface area contributed by atoms with E-state index < -0.39 is 0 Å². The molecule has 5 heteroatoms. The van der Waals surface area contributed by atoms with Gasteiger partial charge < -0.3 is 0 Å². The molecule has 0 aliphatic carbocycles. The number of nitrogens with zero attached hydrogens (tertiary/aromatic N) is 3. The van der Waals surface area contributed by atoms with E-state index in [1.807, 2.05) is 18.2 Å². The highest BCUT2D eigenvalue weighted by molar-refractivity contribution is 7.13. The van der Waals surface area contributed by atoms with E-state index in [1.165, 1.54) is 11.5 Å². The van der Waals surface area contributed by atoms with Gasteiger partial charge in [-0.3, -0.25) is 10.2 Å². The van der Waals surface area contributed by atoms with Crippen LogP contribution in [-0.2, 0) is 0 Å². The Morgan fingerprint density at radius 1 is 1.06 bits per heavy atom. The third-order valence-corrected chi connectivity index (χ3v) is 3.27. The quantitative estimate of drug-likeness (QED) is 0.702. The normalized spacial score (nSPS) is 10.6. The second kappa shape index (κ2) is 4.12. The first-order chi connectivity index (χ1) is 8.34. The number of fused-ring (bicyclic) bond motifs is 1. The number of hydrogen-bond donors (Lipinski definition) is 1. The smallest absolute Gasteiger partial charge is 0.0723 e. The summed E-state index contributed by atoms with van der Waals surface area (Å²) in [6.45, 7) is 0. The fraction of sp³-hybridized carbons (Fsp3) is 0. The predicted molar refractivity (Wildman–Crippen MR) is 67.8 cm³/mol. The fourth-order valence-electron chi connectivity index (χ4n) is 1.63. The lowest BCUT2D eigenvalue weighted by atomic mass is 10.2. The summed E-state index contributed by atoms with van der Waals surface area (Å²) < 4.78 is 5.21. The van der Waals surface area contributed by atoms with E-state index in [2.05, 4.69) is 9.36 Å². The molecule has 2 aromatic heterocycles. The van der Waals surface area contributed by atoms with Crippen LogP contribution in [0, 0.1) is 0 Å². The lowest BCUT2D eigenvalue weighted by molar-refractivity contribution is 0.301. The van der Waals surface area contributed by atoms with Crippen LogP contribution in [0.2, 0.25) is 0 Å². The zero-order valence-electron chi connectivity index (χ0n) is 8.82. The van der Waals surface area contributed by atoms with Crippen LogP contribution in [0.4, 0.5) is 11.4 Å². The molecule has 0 bridgehead atoms. The van der Waals surface area contributed by atoms with Crippen LogP contribution in [0.15, 0.2) is 48.9 Å². The highest BCUT2D eigenvalue weighted by Crippen LogP contribution is 2.27. The van der Waals surface area contributed by atoms with Crippen LogP contribution in [0.25, 0.3) is 10.1 Å². The molecule has 0 saturated carbocycles. The second-order valence-corrected chi connectivity index (χ2v) is 4.40. The summed E-state index contributed by atoms with van der Waals surface area (Å²) in [7, 11) is 0. The van der Waals surface area contributed by atoms with Crippen molar-refractivity contribution in [2.45, 2.75) is 0 Å². The molecule has 0 aliphatic rings. The molecule has 1 aromatic carbocycles. The molecule has 0 saturated heterocycles. The molecule has 2 heterocycles. The van der Waals surface area contributed by atoms with Gasteiger partial charge in [0.25, 0.3) is 0 Å². The summed E-state index contributed by atoms with van der Waals surface area (Å²) in [6, 6.07) is 9.21. The monoisotopic (exact) mass is 243 g/mol. The van der Waals surface area contributed by atoms with E-state index in [-0.39, 0.29) is 0 Å². The first-order valence-electron chi connectivity index (χ1n) is 5.08. The Bertz CT molecular complexity index is 638. The Kier molecular flexibility index (Phi) is 2.47. The van der Waals surface area contributed by atoms with E-state index in [0.717, 1.165) is 15.1 Å². The van der Waals surface area contributed by atoms with Crippen LogP contribution < -0.4 is 5.06 Å². The zero-order valence-corrected chi connectivity index (χ0v) is 9.63. The molecule has 0 spiro atoms. The molecule has 0 unspecified atom stereocenters. The lowest BCUT2D eigenvalue weighted by Crippen LogP contribution is -2.09. The van der Waals surface area contributed by atoms with Crippen molar-refractivity contribution in [2.24, 2.45) is 0 Å². The molecule has 17 heavy (non-hydrogen) atoms. The van der Waals surface area contributed by atoms with Crippen LogP contribution in [0.1, 0.15) is 0 Å². The zero-order chi connectivity index (χ0) is 11.7. The summed E-state index contributed by atoms with van der Waals surface area (Å²) in [4.78, 5) is 3.92. The minimum absolute atomic E-state index is 0.683. The van der Waals surface area contributed by atoms with Gasteiger partial charge in [0.1, 0.15) is 0 Å². The topological polar surface area (TPSA) is 49.2 Å². The van der Waals surface area contributed by atoms with Gasteiger partial charge in [-0.15, -0.1) is 0 Å². The minimum atomic E-state index is 0.683. The maximum absolute atomic E-state index is 10.1. The Labute approximate surface area is 102 Å². The summed E-state index contributed by atoms with van der Waals surface area (Å²) >= 11 is 1.44. The molecule has 3 rings (SSSR count). The Hall–Kier alpha value is -1.98. The van der Waals surface area contributed by atoms with Crippen molar-refractivity contribution in [3.63, 3.8) is 0 Å². The van der Waals surface area contributed by atoms with Gasteiger partial charge >= 0.3 is 0 Å². The van der Waals surface area contributed by atoms with Crippen LogP contribution in [-0.4, -0.2) is 14.6 Å². The van der Waals surface area contributed by atoms with Crippen molar-refractivity contribution in [2.75, 3.05) is 5.06 Å². The SMILES string of the molecule is ON(c1ccncc1)c1ccc2sncc2c1. The molecule has 84 valence electrons. The third kappa shape index (κ3) is 1.86. The molecular weight excluding hydrogens is 234 g/mol. The molecule has 1 N–H and O–H groups in total. The molecule has 3 aromatic rings. The molecule has 0 atom stereocenters. The van der Waals surface area contributed by atoms with Gasteiger partial charge in [0.05, 0.1) is 16.1 Å². The summed E-state index contributed by atoms with van der Waals surface area (Å²) in [5, 5.41) is 12.2. The van der Waals surface area contributed by atoms with Gasteiger partial charge in [-0.25, -0.2) is 5.06 Å². The lowest BCUT2D eigenvalue weighted by Gasteiger charge is -2.16.